The highest BCUT2D eigenvalue weighted by Crippen LogP contribution is 2.35. The van der Waals surface area contributed by atoms with Crippen LogP contribution in [0.15, 0.2) is 35.4 Å². The second-order valence-corrected chi connectivity index (χ2v) is 7.77. The van der Waals surface area contributed by atoms with Crippen LogP contribution in [0, 0.1) is 0 Å². The molecule has 142 valence electrons. The number of anilines is 3. The Hall–Kier alpha value is -2.36. The molecule has 2 N–H and O–H groups in total. The van der Waals surface area contributed by atoms with Crippen molar-refractivity contribution < 1.29 is 21.6 Å². The number of aryl methyl sites for hydroxylation is 1. The van der Waals surface area contributed by atoms with Crippen LogP contribution in [-0.2, 0) is 16.3 Å². The van der Waals surface area contributed by atoms with Crippen LogP contribution >= 0.6 is 0 Å². The van der Waals surface area contributed by atoms with Crippen LogP contribution in [0.4, 0.5) is 30.6 Å². The SMILES string of the molecule is CCc1cc(S(=O)(=O)C(F)(F)F)ccc1N(c1ccnc(N)n1)C(C)C. The van der Waals surface area contributed by atoms with E-state index < -0.39 is 20.2 Å². The van der Waals surface area contributed by atoms with Crippen molar-refractivity contribution in [2.75, 3.05) is 10.6 Å². The van der Waals surface area contributed by atoms with Crippen LogP contribution in [0.25, 0.3) is 0 Å². The van der Waals surface area contributed by atoms with Crippen LogP contribution in [-0.4, -0.2) is 29.9 Å². The number of rotatable bonds is 5. The second-order valence-electron chi connectivity index (χ2n) is 5.83. The lowest BCUT2D eigenvalue weighted by molar-refractivity contribution is -0.0436. The van der Waals surface area contributed by atoms with Crippen molar-refractivity contribution in [2.45, 2.75) is 43.6 Å². The Morgan fingerprint density at radius 3 is 2.38 bits per heavy atom. The topological polar surface area (TPSA) is 89.2 Å². The molecule has 1 heterocycles. The summed E-state index contributed by atoms with van der Waals surface area (Å²) in [5.74, 6) is 0.524. The van der Waals surface area contributed by atoms with E-state index in [1.165, 1.54) is 12.3 Å². The Kier molecular flexibility index (Phi) is 5.45. The van der Waals surface area contributed by atoms with Gasteiger partial charge in [-0.3, -0.25) is 0 Å². The average Bonchev–Trinajstić information content (AvgIpc) is 2.54. The number of nitrogen functional groups attached to an aromatic ring is 1. The van der Waals surface area contributed by atoms with E-state index in [9.17, 15) is 21.6 Å². The number of halogens is 3. The molecule has 0 saturated heterocycles. The Bertz CT molecular complexity index is 899. The van der Waals surface area contributed by atoms with Crippen molar-refractivity contribution >= 4 is 27.3 Å². The zero-order valence-corrected chi connectivity index (χ0v) is 15.3. The molecule has 6 nitrogen and oxygen atoms in total. The number of nitrogens with two attached hydrogens (primary N) is 1. The number of hydrogen-bond acceptors (Lipinski definition) is 6. The van der Waals surface area contributed by atoms with Crippen LogP contribution < -0.4 is 10.6 Å². The fourth-order valence-electron chi connectivity index (χ4n) is 2.54. The van der Waals surface area contributed by atoms with Gasteiger partial charge in [-0.1, -0.05) is 6.92 Å². The molecule has 0 amide bonds. The van der Waals surface area contributed by atoms with Gasteiger partial charge in [0.15, 0.2) is 0 Å². The molecule has 0 spiro atoms. The first-order chi connectivity index (χ1) is 12.0. The smallest absolute Gasteiger partial charge is 0.368 e. The maximum absolute atomic E-state index is 12.8. The van der Waals surface area contributed by atoms with Crippen molar-refractivity contribution in [3.63, 3.8) is 0 Å². The lowest BCUT2D eigenvalue weighted by Gasteiger charge is -2.30. The minimum Gasteiger partial charge on any atom is -0.368 e. The highest BCUT2D eigenvalue weighted by molar-refractivity contribution is 7.92. The van der Waals surface area contributed by atoms with Gasteiger partial charge in [0.25, 0.3) is 9.84 Å². The quantitative estimate of drug-likeness (QED) is 0.844. The van der Waals surface area contributed by atoms with Crippen LogP contribution in [0.2, 0.25) is 0 Å². The molecule has 0 aliphatic rings. The van der Waals surface area contributed by atoms with Crippen LogP contribution in [0.1, 0.15) is 26.3 Å². The Morgan fingerprint density at radius 2 is 1.88 bits per heavy atom. The van der Waals surface area contributed by atoms with Gasteiger partial charge in [0.05, 0.1) is 4.90 Å². The molecule has 0 saturated carbocycles. The molecule has 2 aromatic rings. The van der Waals surface area contributed by atoms with Gasteiger partial charge >= 0.3 is 5.51 Å². The van der Waals surface area contributed by atoms with E-state index in [-0.39, 0.29) is 12.0 Å². The largest absolute Gasteiger partial charge is 0.501 e. The molecule has 10 heteroatoms. The molecular formula is C16H19F3N4O2S. The van der Waals surface area contributed by atoms with Crippen molar-refractivity contribution in [2.24, 2.45) is 0 Å². The van der Waals surface area contributed by atoms with E-state index in [0.29, 0.717) is 23.5 Å². The normalized spacial score (nSPS) is 12.4. The Labute approximate surface area is 149 Å². The predicted molar refractivity (Wildman–Crippen MR) is 92.8 cm³/mol. The van der Waals surface area contributed by atoms with E-state index in [1.54, 1.807) is 17.9 Å². The summed E-state index contributed by atoms with van der Waals surface area (Å²) in [6, 6.07) is 4.88. The number of hydrogen-bond donors (Lipinski definition) is 1. The van der Waals surface area contributed by atoms with Crippen molar-refractivity contribution in [1.82, 2.24) is 9.97 Å². The maximum Gasteiger partial charge on any atom is 0.501 e. The first-order valence-electron chi connectivity index (χ1n) is 7.81. The zero-order chi connectivity index (χ0) is 19.7. The Balaban J connectivity index is 2.62. The van der Waals surface area contributed by atoms with Gasteiger partial charge < -0.3 is 10.6 Å². The highest BCUT2D eigenvalue weighted by Gasteiger charge is 2.47. The van der Waals surface area contributed by atoms with E-state index in [2.05, 4.69) is 9.97 Å². The summed E-state index contributed by atoms with van der Waals surface area (Å²) in [6.45, 7) is 5.48. The van der Waals surface area contributed by atoms with E-state index >= 15 is 0 Å². The third-order valence-electron chi connectivity index (χ3n) is 3.73. The van der Waals surface area contributed by atoms with E-state index in [0.717, 1.165) is 12.1 Å². The van der Waals surface area contributed by atoms with E-state index in [4.69, 9.17) is 5.73 Å². The summed E-state index contributed by atoms with van der Waals surface area (Å²) >= 11 is 0. The molecule has 1 aromatic carbocycles. The van der Waals surface area contributed by atoms with Gasteiger partial charge in [-0.25, -0.2) is 13.4 Å². The van der Waals surface area contributed by atoms with Gasteiger partial charge in [-0.2, -0.15) is 18.2 Å². The monoisotopic (exact) mass is 388 g/mol. The number of nitrogens with zero attached hydrogens (tertiary/aromatic N) is 3. The number of benzene rings is 1. The van der Waals surface area contributed by atoms with Crippen molar-refractivity contribution in [1.29, 1.82) is 0 Å². The first kappa shape index (κ1) is 20.0. The van der Waals surface area contributed by atoms with Crippen molar-refractivity contribution in [3.8, 4) is 0 Å². The first-order valence-corrected chi connectivity index (χ1v) is 9.29. The molecule has 2 rings (SSSR count). The molecule has 0 atom stereocenters. The third-order valence-corrected chi connectivity index (χ3v) is 5.21. The minimum absolute atomic E-state index is 0.0578. The molecule has 26 heavy (non-hydrogen) atoms. The highest BCUT2D eigenvalue weighted by atomic mass is 32.2. The minimum atomic E-state index is -5.41. The standard InChI is InChI=1S/C16H19F3N4O2S/c1-4-11-9-12(26(24,25)16(17,18)19)5-6-13(11)23(10(2)3)14-7-8-21-15(20)22-14/h5-10H,4H2,1-3H3,(H2,20,21,22). The second kappa shape index (κ2) is 7.10. The van der Waals surface area contributed by atoms with Crippen LogP contribution in [0.3, 0.4) is 0 Å². The summed E-state index contributed by atoms with van der Waals surface area (Å²) < 4.78 is 61.8. The molecule has 1 aromatic heterocycles. The fraction of sp³-hybridized carbons (Fsp3) is 0.375. The van der Waals surface area contributed by atoms with Gasteiger partial charge in [0.2, 0.25) is 5.95 Å². The number of sulfone groups is 1. The molecule has 0 fully saturated rings. The molecule has 0 radical (unpaired) electrons. The van der Waals surface area contributed by atoms with Crippen LogP contribution in [0.5, 0.6) is 0 Å². The molecule has 0 aliphatic heterocycles. The Morgan fingerprint density at radius 1 is 1.23 bits per heavy atom. The molecule has 0 bridgehead atoms. The summed E-state index contributed by atoms with van der Waals surface area (Å²) in [4.78, 5) is 8.96. The molecule has 0 unspecified atom stereocenters. The average molecular weight is 388 g/mol. The molecular weight excluding hydrogens is 369 g/mol. The zero-order valence-electron chi connectivity index (χ0n) is 14.4. The number of aromatic nitrogens is 2. The third kappa shape index (κ3) is 3.74. The summed E-state index contributed by atoms with van der Waals surface area (Å²) in [6.07, 6.45) is 1.81. The van der Waals surface area contributed by atoms with Gasteiger partial charge in [-0.15, -0.1) is 0 Å². The van der Waals surface area contributed by atoms with Gasteiger partial charge in [0.1, 0.15) is 5.82 Å². The summed E-state index contributed by atoms with van der Waals surface area (Å²) in [5, 5.41) is 0. The van der Waals surface area contributed by atoms with Crippen molar-refractivity contribution in [3.05, 3.63) is 36.0 Å². The number of alkyl halides is 3. The maximum atomic E-state index is 12.8. The lowest BCUT2D eigenvalue weighted by atomic mass is 10.1. The molecule has 0 aliphatic carbocycles. The fourth-order valence-corrected chi connectivity index (χ4v) is 3.36. The predicted octanol–water partition coefficient (Wildman–Crippen LogP) is 3.46. The van der Waals surface area contributed by atoms with Gasteiger partial charge in [0, 0.05) is 17.9 Å². The van der Waals surface area contributed by atoms with E-state index in [1.807, 2.05) is 13.8 Å². The summed E-state index contributed by atoms with van der Waals surface area (Å²) in [5.41, 5.74) is 1.27. The van der Waals surface area contributed by atoms with Gasteiger partial charge in [-0.05, 0) is 50.1 Å². The summed E-state index contributed by atoms with van der Waals surface area (Å²) in [7, 11) is -5.41. The lowest BCUT2D eigenvalue weighted by Crippen LogP contribution is -2.28.